The Morgan fingerprint density at radius 2 is 2.00 bits per heavy atom. The Bertz CT molecular complexity index is 591. The summed E-state index contributed by atoms with van der Waals surface area (Å²) in [6.07, 6.45) is 0.564. The predicted octanol–water partition coefficient (Wildman–Crippen LogP) is 1.77. The van der Waals surface area contributed by atoms with Crippen LogP contribution >= 0.6 is 0 Å². The first-order valence-corrected chi connectivity index (χ1v) is 6.74. The molecule has 1 aliphatic heterocycles. The van der Waals surface area contributed by atoms with Crippen molar-refractivity contribution in [2.45, 2.75) is 25.3 Å². The first-order chi connectivity index (χ1) is 10.1. The van der Waals surface area contributed by atoms with Crippen LogP contribution in [0.3, 0.4) is 0 Å². The molecule has 0 aliphatic carbocycles. The first kappa shape index (κ1) is 14.9. The summed E-state index contributed by atoms with van der Waals surface area (Å²) in [5.74, 6) is 0.374. The quantitative estimate of drug-likeness (QED) is 0.837. The molecule has 0 unspecified atom stereocenters. The zero-order valence-corrected chi connectivity index (χ0v) is 12.0. The Morgan fingerprint density at radius 1 is 1.33 bits per heavy atom. The monoisotopic (exact) mass is 287 g/mol. The number of ether oxygens (including phenoxy) is 1. The highest BCUT2D eigenvalue weighted by molar-refractivity contribution is 6.07. The highest BCUT2D eigenvalue weighted by atomic mass is 16.5. The van der Waals surface area contributed by atoms with Crippen LogP contribution in [0.2, 0.25) is 0 Å². The van der Waals surface area contributed by atoms with E-state index in [2.05, 4.69) is 5.32 Å². The molecule has 1 N–H and O–H groups in total. The van der Waals surface area contributed by atoms with E-state index in [-0.39, 0.29) is 18.9 Å². The second kappa shape index (κ2) is 5.83. The lowest BCUT2D eigenvalue weighted by Crippen LogP contribution is -2.43. The molecule has 0 radical (unpaired) electrons. The molecule has 1 aromatic rings. The summed E-state index contributed by atoms with van der Waals surface area (Å²) < 4.78 is 5.10. The van der Waals surface area contributed by atoms with Crippen LogP contribution < -0.4 is 10.1 Å². The van der Waals surface area contributed by atoms with Gasteiger partial charge < -0.3 is 10.1 Å². The van der Waals surface area contributed by atoms with Crippen LogP contribution in [-0.4, -0.2) is 30.5 Å². The third-order valence-electron chi connectivity index (χ3n) is 3.74. The van der Waals surface area contributed by atoms with Crippen molar-refractivity contribution >= 4 is 11.9 Å². The lowest BCUT2D eigenvalue weighted by atomic mass is 9.87. The number of urea groups is 1. The maximum absolute atomic E-state index is 12.6. The third kappa shape index (κ3) is 2.42. The van der Waals surface area contributed by atoms with Crippen molar-refractivity contribution in [3.05, 3.63) is 29.8 Å². The van der Waals surface area contributed by atoms with Crippen LogP contribution in [0.25, 0.3) is 0 Å². The van der Waals surface area contributed by atoms with E-state index < -0.39 is 11.6 Å². The zero-order chi connectivity index (χ0) is 15.5. The number of hydrogen-bond donors (Lipinski definition) is 1. The van der Waals surface area contributed by atoms with Gasteiger partial charge in [0, 0.05) is 6.54 Å². The average Bonchev–Trinajstić information content (AvgIpc) is 2.77. The Hall–Kier alpha value is -2.55. The summed E-state index contributed by atoms with van der Waals surface area (Å²) in [6, 6.07) is 8.55. The number of methoxy groups -OCH3 is 1. The number of carbonyl (C=O) groups is 2. The van der Waals surface area contributed by atoms with Crippen molar-refractivity contribution in [3.8, 4) is 11.8 Å². The van der Waals surface area contributed by atoms with Gasteiger partial charge in [-0.2, -0.15) is 5.26 Å². The van der Waals surface area contributed by atoms with Gasteiger partial charge in [0.05, 0.1) is 19.6 Å². The van der Waals surface area contributed by atoms with E-state index in [1.807, 2.05) is 13.0 Å². The lowest BCUT2D eigenvalue weighted by Gasteiger charge is -2.25. The van der Waals surface area contributed by atoms with E-state index >= 15 is 0 Å². The minimum atomic E-state index is -1.06. The molecule has 3 amide bonds. The Balaban J connectivity index is 2.35. The minimum absolute atomic E-state index is 0.110. The number of amides is 3. The maximum atomic E-state index is 12.6. The van der Waals surface area contributed by atoms with Crippen LogP contribution in [0.4, 0.5) is 4.79 Å². The van der Waals surface area contributed by atoms with Gasteiger partial charge in [0.15, 0.2) is 0 Å². The summed E-state index contributed by atoms with van der Waals surface area (Å²) in [5, 5.41) is 11.4. The predicted molar refractivity (Wildman–Crippen MR) is 75.4 cm³/mol. The van der Waals surface area contributed by atoms with E-state index in [0.717, 1.165) is 4.90 Å². The van der Waals surface area contributed by atoms with Crippen LogP contribution in [-0.2, 0) is 10.3 Å². The molecule has 1 aromatic carbocycles. The number of carbonyl (C=O) groups excluding carboxylic acids is 2. The van der Waals surface area contributed by atoms with Gasteiger partial charge in [-0.25, -0.2) is 4.79 Å². The Kier molecular flexibility index (Phi) is 4.13. The molecule has 0 bridgehead atoms. The zero-order valence-electron chi connectivity index (χ0n) is 12.0. The molecule has 21 heavy (non-hydrogen) atoms. The minimum Gasteiger partial charge on any atom is -0.497 e. The molecule has 1 fully saturated rings. The van der Waals surface area contributed by atoms with Crippen LogP contribution in [0.5, 0.6) is 5.75 Å². The van der Waals surface area contributed by atoms with E-state index in [9.17, 15) is 9.59 Å². The second-order valence-electron chi connectivity index (χ2n) is 4.78. The number of nitrogens with one attached hydrogen (secondary N) is 1. The Morgan fingerprint density at radius 3 is 2.52 bits per heavy atom. The summed E-state index contributed by atoms with van der Waals surface area (Å²) in [5.41, 5.74) is -0.345. The SMILES string of the molecule is CC[C@]1(c2ccc(OC)cc2)NC(=O)N(CCC#N)C1=O. The van der Waals surface area contributed by atoms with Crippen LogP contribution in [0, 0.1) is 11.3 Å². The summed E-state index contributed by atoms with van der Waals surface area (Å²) >= 11 is 0. The molecule has 0 spiro atoms. The molecule has 1 saturated heterocycles. The van der Waals surface area contributed by atoms with Crippen molar-refractivity contribution in [1.29, 1.82) is 5.26 Å². The van der Waals surface area contributed by atoms with Gasteiger partial charge in [-0.05, 0) is 24.1 Å². The van der Waals surface area contributed by atoms with Crippen molar-refractivity contribution in [2.24, 2.45) is 0 Å². The van der Waals surface area contributed by atoms with Crippen molar-refractivity contribution in [2.75, 3.05) is 13.7 Å². The fraction of sp³-hybridized carbons (Fsp3) is 0.400. The van der Waals surface area contributed by atoms with E-state index in [0.29, 0.717) is 17.7 Å². The van der Waals surface area contributed by atoms with Crippen molar-refractivity contribution < 1.29 is 14.3 Å². The smallest absolute Gasteiger partial charge is 0.325 e. The van der Waals surface area contributed by atoms with Gasteiger partial charge in [0.1, 0.15) is 11.3 Å². The van der Waals surface area contributed by atoms with Gasteiger partial charge in [-0.3, -0.25) is 9.69 Å². The van der Waals surface area contributed by atoms with E-state index in [1.54, 1.807) is 31.4 Å². The van der Waals surface area contributed by atoms with Gasteiger partial charge >= 0.3 is 6.03 Å². The fourth-order valence-corrected chi connectivity index (χ4v) is 2.51. The molecule has 0 aromatic heterocycles. The van der Waals surface area contributed by atoms with E-state index in [4.69, 9.17) is 10.00 Å². The third-order valence-corrected chi connectivity index (χ3v) is 3.74. The Labute approximate surface area is 123 Å². The highest BCUT2D eigenvalue weighted by Crippen LogP contribution is 2.33. The second-order valence-corrected chi connectivity index (χ2v) is 4.78. The number of imide groups is 1. The molecule has 1 aliphatic rings. The molecule has 6 nitrogen and oxygen atoms in total. The highest BCUT2D eigenvalue weighted by Gasteiger charge is 2.50. The van der Waals surface area contributed by atoms with Crippen LogP contribution in [0.15, 0.2) is 24.3 Å². The largest absolute Gasteiger partial charge is 0.497 e. The number of hydrogen-bond acceptors (Lipinski definition) is 4. The van der Waals surface area contributed by atoms with Gasteiger partial charge in [0.25, 0.3) is 5.91 Å². The first-order valence-electron chi connectivity index (χ1n) is 6.74. The molecule has 2 rings (SSSR count). The summed E-state index contributed by atoms with van der Waals surface area (Å²) in [4.78, 5) is 25.8. The summed E-state index contributed by atoms with van der Waals surface area (Å²) in [7, 11) is 1.57. The summed E-state index contributed by atoms with van der Waals surface area (Å²) in [6.45, 7) is 1.95. The molecular formula is C15H17N3O3. The van der Waals surface area contributed by atoms with Gasteiger partial charge in [-0.15, -0.1) is 0 Å². The number of rotatable bonds is 5. The molecule has 0 saturated carbocycles. The normalized spacial score (nSPS) is 21.1. The fourth-order valence-electron chi connectivity index (χ4n) is 2.51. The van der Waals surface area contributed by atoms with Crippen LogP contribution in [0.1, 0.15) is 25.3 Å². The topological polar surface area (TPSA) is 82.4 Å². The maximum Gasteiger partial charge on any atom is 0.325 e. The molecule has 1 heterocycles. The number of benzene rings is 1. The molecule has 6 heteroatoms. The number of nitrogens with zero attached hydrogens (tertiary/aromatic N) is 2. The van der Waals surface area contributed by atoms with Crippen molar-refractivity contribution in [3.63, 3.8) is 0 Å². The molecule has 1 atom stereocenters. The lowest BCUT2D eigenvalue weighted by molar-refractivity contribution is -0.131. The standard InChI is InChI=1S/C15H17N3O3/c1-3-15(11-5-7-12(21-2)8-6-11)13(19)18(10-4-9-16)14(20)17-15/h5-8H,3-4,10H2,1-2H3,(H,17,20)/t15-/m1/s1. The van der Waals surface area contributed by atoms with Crippen molar-refractivity contribution in [1.82, 2.24) is 10.2 Å². The van der Waals surface area contributed by atoms with Gasteiger partial charge in [-0.1, -0.05) is 19.1 Å². The molecule has 110 valence electrons. The molecular weight excluding hydrogens is 270 g/mol. The average molecular weight is 287 g/mol. The number of nitriles is 1. The van der Waals surface area contributed by atoms with Gasteiger partial charge in [0.2, 0.25) is 0 Å². The van der Waals surface area contributed by atoms with E-state index in [1.165, 1.54) is 0 Å².